The quantitative estimate of drug-likeness (QED) is 0.0346. The van der Waals surface area contributed by atoms with Crippen molar-refractivity contribution in [2.24, 2.45) is 5.92 Å². The average molecular weight is 858 g/mol. The third kappa shape index (κ3) is 55.3. The molecule has 364 valence electrons. The minimum atomic E-state index is 0.0296. The third-order valence-electron chi connectivity index (χ3n) is 13.9. The Bertz CT molecular complexity index is 818. The molecule has 0 aromatic carbocycles. The molecule has 0 aromatic heterocycles. The van der Waals surface area contributed by atoms with Gasteiger partial charge in [-0.1, -0.05) is 315 Å². The van der Waals surface area contributed by atoms with Crippen LogP contribution in [0.2, 0.25) is 0 Å². The van der Waals surface area contributed by atoms with Gasteiger partial charge in [0, 0.05) is 6.42 Å². The largest absolute Gasteiger partial charge is 0.466 e. The SMILES string of the molecule is CCCCCCCCC=CCCCCCCCCCCCC(=O)OCCCCCCCCCCCCCCCCCCCCCCCCCCCCCCCCCC(C)CC. The number of allylic oxidation sites excluding steroid dienone is 2. The Morgan fingerprint density at radius 2 is 0.607 bits per heavy atom. The number of hydrogen-bond donors (Lipinski definition) is 0. The first-order valence-corrected chi connectivity index (χ1v) is 29.0. The predicted molar refractivity (Wildman–Crippen MR) is 276 cm³/mol. The standard InChI is InChI=1S/C59H116O2/c1-4-6-7-8-9-10-11-12-13-14-28-32-35-38-41-44-47-50-53-56-59(60)61-57-54-51-48-45-42-39-36-33-30-27-25-23-21-19-17-15-16-18-20-22-24-26-29-31-34-37-40-43-46-49-52-55-58(3)5-2/h12-13,58H,4-11,14-57H2,1-3H3. The molecule has 1 unspecified atom stereocenters. The summed E-state index contributed by atoms with van der Waals surface area (Å²) in [6, 6.07) is 0. The van der Waals surface area contributed by atoms with E-state index in [4.69, 9.17) is 4.74 Å². The van der Waals surface area contributed by atoms with Gasteiger partial charge < -0.3 is 4.74 Å². The molecule has 0 heterocycles. The van der Waals surface area contributed by atoms with E-state index in [-0.39, 0.29) is 5.97 Å². The molecule has 0 bridgehead atoms. The van der Waals surface area contributed by atoms with Gasteiger partial charge in [0.05, 0.1) is 6.61 Å². The van der Waals surface area contributed by atoms with Crippen molar-refractivity contribution in [2.45, 2.75) is 348 Å². The number of hydrogen-bond acceptors (Lipinski definition) is 2. The zero-order valence-corrected chi connectivity index (χ0v) is 42.8. The molecule has 0 saturated heterocycles. The molecule has 0 aromatic rings. The van der Waals surface area contributed by atoms with Gasteiger partial charge in [0.25, 0.3) is 0 Å². The number of rotatable bonds is 54. The minimum absolute atomic E-state index is 0.0296. The summed E-state index contributed by atoms with van der Waals surface area (Å²) >= 11 is 0. The number of carbonyl (C=O) groups is 1. The van der Waals surface area contributed by atoms with Crippen LogP contribution in [0.4, 0.5) is 0 Å². The van der Waals surface area contributed by atoms with Gasteiger partial charge in [0.1, 0.15) is 0 Å². The predicted octanol–water partition coefficient (Wildman–Crippen LogP) is 21.7. The van der Waals surface area contributed by atoms with Gasteiger partial charge >= 0.3 is 5.97 Å². The number of unbranched alkanes of at least 4 members (excludes halogenated alkanes) is 45. The maximum atomic E-state index is 12.1. The maximum Gasteiger partial charge on any atom is 0.305 e. The van der Waals surface area contributed by atoms with Crippen molar-refractivity contribution in [3.05, 3.63) is 12.2 Å². The van der Waals surface area contributed by atoms with Gasteiger partial charge in [0.15, 0.2) is 0 Å². The number of ether oxygens (including phenoxy) is 1. The normalized spacial score (nSPS) is 12.2. The zero-order valence-electron chi connectivity index (χ0n) is 42.8. The molecule has 0 rings (SSSR count). The maximum absolute atomic E-state index is 12.1. The van der Waals surface area contributed by atoms with Gasteiger partial charge in [0.2, 0.25) is 0 Å². The van der Waals surface area contributed by atoms with Crippen LogP contribution < -0.4 is 0 Å². The van der Waals surface area contributed by atoms with Crippen molar-refractivity contribution in [1.82, 2.24) is 0 Å². The minimum Gasteiger partial charge on any atom is -0.466 e. The van der Waals surface area contributed by atoms with E-state index in [0.717, 1.165) is 18.8 Å². The van der Waals surface area contributed by atoms with E-state index in [1.807, 2.05) is 0 Å². The van der Waals surface area contributed by atoms with Crippen LogP contribution in [0.25, 0.3) is 0 Å². The van der Waals surface area contributed by atoms with E-state index in [0.29, 0.717) is 13.0 Å². The van der Waals surface area contributed by atoms with Crippen LogP contribution in [0.3, 0.4) is 0 Å². The van der Waals surface area contributed by atoms with Crippen LogP contribution in [-0.4, -0.2) is 12.6 Å². The lowest BCUT2D eigenvalue weighted by molar-refractivity contribution is -0.143. The van der Waals surface area contributed by atoms with Crippen molar-refractivity contribution in [3.63, 3.8) is 0 Å². The second kappa shape index (κ2) is 55.3. The highest BCUT2D eigenvalue weighted by Crippen LogP contribution is 2.19. The van der Waals surface area contributed by atoms with Crippen molar-refractivity contribution in [2.75, 3.05) is 6.61 Å². The molecule has 61 heavy (non-hydrogen) atoms. The highest BCUT2D eigenvalue weighted by molar-refractivity contribution is 5.69. The van der Waals surface area contributed by atoms with E-state index in [1.54, 1.807) is 0 Å². The fourth-order valence-electron chi connectivity index (χ4n) is 9.23. The second-order valence-corrected chi connectivity index (χ2v) is 20.2. The molecule has 0 saturated carbocycles. The third-order valence-corrected chi connectivity index (χ3v) is 13.9. The zero-order chi connectivity index (χ0) is 44.0. The van der Waals surface area contributed by atoms with Crippen LogP contribution in [0.1, 0.15) is 348 Å². The van der Waals surface area contributed by atoms with Crippen LogP contribution in [0.15, 0.2) is 12.2 Å². The van der Waals surface area contributed by atoms with Gasteiger partial charge in [-0.25, -0.2) is 0 Å². The Balaban J connectivity index is 3.16. The Morgan fingerprint density at radius 3 is 0.918 bits per heavy atom. The molecular weight excluding hydrogens is 741 g/mol. The van der Waals surface area contributed by atoms with Crippen molar-refractivity contribution in [1.29, 1.82) is 0 Å². The summed E-state index contributed by atoms with van der Waals surface area (Å²) in [4.78, 5) is 12.1. The highest BCUT2D eigenvalue weighted by Gasteiger charge is 2.03. The van der Waals surface area contributed by atoms with E-state index in [1.165, 1.54) is 308 Å². The van der Waals surface area contributed by atoms with Crippen LogP contribution in [0.5, 0.6) is 0 Å². The fourth-order valence-corrected chi connectivity index (χ4v) is 9.23. The molecule has 1 atom stereocenters. The molecular formula is C59H116O2. The lowest BCUT2D eigenvalue weighted by Gasteiger charge is -2.07. The van der Waals surface area contributed by atoms with E-state index in [2.05, 4.69) is 32.9 Å². The molecule has 0 spiro atoms. The Kier molecular flexibility index (Phi) is 54.6. The first-order valence-electron chi connectivity index (χ1n) is 29.0. The van der Waals surface area contributed by atoms with Crippen molar-refractivity contribution in [3.8, 4) is 0 Å². The second-order valence-electron chi connectivity index (χ2n) is 20.2. The first-order chi connectivity index (χ1) is 30.2. The van der Waals surface area contributed by atoms with Gasteiger partial charge in [-0.15, -0.1) is 0 Å². The Hall–Kier alpha value is -0.790. The van der Waals surface area contributed by atoms with Gasteiger partial charge in [-0.2, -0.15) is 0 Å². The summed E-state index contributed by atoms with van der Waals surface area (Å²) < 4.78 is 5.51. The Labute approximate surface area is 386 Å². The summed E-state index contributed by atoms with van der Waals surface area (Å²) in [5, 5.41) is 0. The Morgan fingerprint density at radius 1 is 0.344 bits per heavy atom. The molecule has 0 amide bonds. The van der Waals surface area contributed by atoms with E-state index >= 15 is 0 Å². The first kappa shape index (κ1) is 60.2. The topological polar surface area (TPSA) is 26.3 Å². The van der Waals surface area contributed by atoms with Crippen LogP contribution in [-0.2, 0) is 9.53 Å². The molecule has 0 fully saturated rings. The van der Waals surface area contributed by atoms with Crippen molar-refractivity contribution < 1.29 is 9.53 Å². The van der Waals surface area contributed by atoms with E-state index in [9.17, 15) is 4.79 Å². The summed E-state index contributed by atoms with van der Waals surface area (Å²) in [6.45, 7) is 7.65. The molecule has 0 aliphatic heterocycles. The van der Waals surface area contributed by atoms with Crippen LogP contribution in [0, 0.1) is 5.92 Å². The van der Waals surface area contributed by atoms with Gasteiger partial charge in [-0.05, 0) is 44.4 Å². The highest BCUT2D eigenvalue weighted by atomic mass is 16.5. The molecule has 0 radical (unpaired) electrons. The lowest BCUT2D eigenvalue weighted by Crippen LogP contribution is -2.05. The van der Waals surface area contributed by atoms with Gasteiger partial charge in [-0.3, -0.25) is 4.79 Å². The smallest absolute Gasteiger partial charge is 0.305 e. The summed E-state index contributed by atoms with van der Waals surface area (Å²) in [6.07, 6.45) is 75.3. The molecule has 0 aliphatic rings. The summed E-state index contributed by atoms with van der Waals surface area (Å²) in [5.74, 6) is 0.969. The van der Waals surface area contributed by atoms with Crippen molar-refractivity contribution >= 4 is 5.97 Å². The number of carbonyl (C=O) groups excluding carboxylic acids is 1. The summed E-state index contributed by atoms with van der Waals surface area (Å²) in [7, 11) is 0. The summed E-state index contributed by atoms with van der Waals surface area (Å²) in [5.41, 5.74) is 0. The monoisotopic (exact) mass is 857 g/mol. The fraction of sp³-hybridized carbons (Fsp3) is 0.949. The lowest BCUT2D eigenvalue weighted by atomic mass is 9.99. The molecule has 0 aliphatic carbocycles. The average Bonchev–Trinajstić information content (AvgIpc) is 3.27. The number of esters is 1. The molecule has 2 nitrogen and oxygen atoms in total. The van der Waals surface area contributed by atoms with E-state index < -0.39 is 0 Å². The molecule has 0 N–H and O–H groups in total. The molecule has 2 heteroatoms. The van der Waals surface area contributed by atoms with Crippen LogP contribution >= 0.6 is 0 Å².